The topological polar surface area (TPSA) is 49.4 Å². The molecule has 0 unspecified atom stereocenters. The number of amides is 2. The van der Waals surface area contributed by atoms with Crippen molar-refractivity contribution in [2.24, 2.45) is 0 Å². The average molecular weight is 349 g/mol. The Morgan fingerprint density at radius 3 is 2.38 bits per heavy atom. The van der Waals surface area contributed by atoms with Gasteiger partial charge in [-0.1, -0.05) is 29.8 Å². The fraction of sp³-hybridized carbons (Fsp3) is 0.222. The van der Waals surface area contributed by atoms with Gasteiger partial charge in [0, 0.05) is 36.8 Å². The van der Waals surface area contributed by atoms with Gasteiger partial charge in [0.25, 0.3) is 5.91 Å². The molecule has 0 saturated heterocycles. The summed E-state index contributed by atoms with van der Waals surface area (Å²) in [6.45, 7) is 0.293. The molecule has 1 N–H and O–H groups in total. The molecule has 6 heteroatoms. The highest BCUT2D eigenvalue weighted by Crippen LogP contribution is 2.19. The first-order chi connectivity index (χ1) is 11.4. The van der Waals surface area contributed by atoms with Crippen LogP contribution < -0.4 is 5.32 Å². The summed E-state index contributed by atoms with van der Waals surface area (Å²) in [5.41, 5.74) is 1.61. The van der Waals surface area contributed by atoms with Gasteiger partial charge in [0.05, 0.1) is 6.42 Å². The normalized spacial score (nSPS) is 10.3. The minimum Gasteiger partial charge on any atom is -0.352 e. The summed E-state index contributed by atoms with van der Waals surface area (Å²) in [5.74, 6) is -0.903. The van der Waals surface area contributed by atoms with Crippen LogP contribution in [0, 0.1) is 5.82 Å². The Balaban J connectivity index is 1.93. The smallest absolute Gasteiger partial charge is 0.253 e. The third-order valence-corrected chi connectivity index (χ3v) is 3.85. The second-order valence-corrected chi connectivity index (χ2v) is 5.96. The lowest BCUT2D eigenvalue weighted by atomic mass is 10.1. The molecular weight excluding hydrogens is 331 g/mol. The van der Waals surface area contributed by atoms with Gasteiger partial charge in [-0.3, -0.25) is 9.59 Å². The van der Waals surface area contributed by atoms with Crippen molar-refractivity contribution < 1.29 is 14.0 Å². The van der Waals surface area contributed by atoms with Crippen molar-refractivity contribution in [2.45, 2.75) is 13.0 Å². The van der Waals surface area contributed by atoms with Crippen molar-refractivity contribution in [1.29, 1.82) is 0 Å². The minimum absolute atomic E-state index is 0.0835. The third kappa shape index (κ3) is 4.55. The molecule has 2 aromatic carbocycles. The molecule has 0 aliphatic rings. The van der Waals surface area contributed by atoms with Gasteiger partial charge in [-0.25, -0.2) is 4.39 Å². The fourth-order valence-corrected chi connectivity index (χ4v) is 2.38. The zero-order chi connectivity index (χ0) is 17.7. The number of benzene rings is 2. The number of halogens is 2. The van der Waals surface area contributed by atoms with E-state index in [-0.39, 0.29) is 28.8 Å². The highest BCUT2D eigenvalue weighted by atomic mass is 35.5. The van der Waals surface area contributed by atoms with Crippen LogP contribution in [-0.4, -0.2) is 30.8 Å². The van der Waals surface area contributed by atoms with Crippen LogP contribution in [-0.2, 0) is 17.8 Å². The minimum atomic E-state index is -0.496. The van der Waals surface area contributed by atoms with Gasteiger partial charge >= 0.3 is 0 Å². The van der Waals surface area contributed by atoms with Crippen LogP contribution in [0.1, 0.15) is 21.5 Å². The first-order valence-corrected chi connectivity index (χ1v) is 7.76. The van der Waals surface area contributed by atoms with E-state index in [4.69, 9.17) is 11.6 Å². The number of nitrogens with zero attached hydrogens (tertiary/aromatic N) is 1. The molecule has 0 aromatic heterocycles. The van der Waals surface area contributed by atoms with E-state index in [0.29, 0.717) is 12.1 Å². The van der Waals surface area contributed by atoms with Crippen LogP contribution in [0.4, 0.5) is 4.39 Å². The lowest BCUT2D eigenvalue weighted by molar-refractivity contribution is -0.120. The van der Waals surface area contributed by atoms with Gasteiger partial charge in [0.1, 0.15) is 5.82 Å². The summed E-state index contributed by atoms with van der Waals surface area (Å²) in [7, 11) is 3.37. The number of rotatable bonds is 5. The van der Waals surface area contributed by atoms with Gasteiger partial charge < -0.3 is 10.2 Å². The first-order valence-electron chi connectivity index (χ1n) is 7.38. The summed E-state index contributed by atoms with van der Waals surface area (Å²) >= 11 is 5.91. The van der Waals surface area contributed by atoms with Gasteiger partial charge in [0.15, 0.2) is 0 Å². The number of hydrogen-bond acceptors (Lipinski definition) is 2. The number of hydrogen-bond donors (Lipinski definition) is 1. The molecule has 4 nitrogen and oxygen atoms in total. The van der Waals surface area contributed by atoms with Crippen molar-refractivity contribution >= 4 is 23.4 Å². The Morgan fingerprint density at radius 2 is 1.79 bits per heavy atom. The van der Waals surface area contributed by atoms with Crippen LogP contribution in [0.5, 0.6) is 0 Å². The highest BCUT2D eigenvalue weighted by Gasteiger charge is 2.12. The van der Waals surface area contributed by atoms with Crippen LogP contribution in [0.2, 0.25) is 5.02 Å². The average Bonchev–Trinajstić information content (AvgIpc) is 2.56. The van der Waals surface area contributed by atoms with Gasteiger partial charge in [0.2, 0.25) is 5.91 Å². The lowest BCUT2D eigenvalue weighted by Gasteiger charge is -2.11. The van der Waals surface area contributed by atoms with Gasteiger partial charge in [-0.15, -0.1) is 0 Å². The van der Waals surface area contributed by atoms with Crippen molar-refractivity contribution in [1.82, 2.24) is 10.2 Å². The quantitative estimate of drug-likeness (QED) is 0.903. The largest absolute Gasteiger partial charge is 0.352 e. The SMILES string of the molecule is CN(C)C(=O)c1ccc(CNC(=O)Cc2c(F)cccc2Cl)cc1. The molecule has 126 valence electrons. The van der Waals surface area contributed by atoms with E-state index in [9.17, 15) is 14.0 Å². The van der Waals surface area contributed by atoms with Crippen LogP contribution in [0.25, 0.3) is 0 Å². The highest BCUT2D eigenvalue weighted by molar-refractivity contribution is 6.31. The van der Waals surface area contributed by atoms with Gasteiger partial charge in [-0.2, -0.15) is 0 Å². The maximum atomic E-state index is 13.7. The number of carbonyl (C=O) groups excluding carboxylic acids is 2. The van der Waals surface area contributed by atoms with Crippen LogP contribution in [0.15, 0.2) is 42.5 Å². The molecule has 0 saturated carbocycles. The second-order valence-electron chi connectivity index (χ2n) is 5.55. The molecule has 2 rings (SSSR count). The van der Waals surface area contributed by atoms with Crippen molar-refractivity contribution in [3.8, 4) is 0 Å². The number of carbonyl (C=O) groups is 2. The molecule has 2 amide bonds. The molecule has 0 atom stereocenters. The molecule has 0 heterocycles. The molecule has 24 heavy (non-hydrogen) atoms. The summed E-state index contributed by atoms with van der Waals surface area (Å²) in [6, 6.07) is 11.3. The molecule has 0 spiro atoms. The Hall–Kier alpha value is -2.40. The summed E-state index contributed by atoms with van der Waals surface area (Å²) < 4.78 is 13.7. The molecule has 0 radical (unpaired) electrons. The fourth-order valence-electron chi connectivity index (χ4n) is 2.15. The molecule has 0 bridgehead atoms. The molecule has 0 aliphatic heterocycles. The van der Waals surface area contributed by atoms with E-state index in [2.05, 4.69) is 5.32 Å². The van der Waals surface area contributed by atoms with Crippen molar-refractivity contribution in [3.05, 3.63) is 70.0 Å². The molecule has 0 aliphatic carbocycles. The third-order valence-electron chi connectivity index (χ3n) is 3.50. The predicted octanol–water partition coefficient (Wildman–Crippen LogP) is 3.04. The van der Waals surface area contributed by atoms with E-state index >= 15 is 0 Å². The summed E-state index contributed by atoms with van der Waals surface area (Å²) in [4.78, 5) is 25.2. The number of nitrogens with one attached hydrogen (secondary N) is 1. The Morgan fingerprint density at radius 1 is 1.12 bits per heavy atom. The second kappa shape index (κ2) is 7.93. The maximum absolute atomic E-state index is 13.7. The standard InChI is InChI=1S/C18H18ClFN2O2/c1-22(2)18(24)13-8-6-12(7-9-13)11-21-17(23)10-14-15(19)4-3-5-16(14)20/h3-9H,10-11H2,1-2H3,(H,21,23). The Bertz CT molecular complexity index is 725. The van der Waals surface area contributed by atoms with E-state index < -0.39 is 5.82 Å². The first kappa shape index (κ1) is 17.9. The molecule has 2 aromatic rings. The lowest BCUT2D eigenvalue weighted by Crippen LogP contribution is -2.25. The summed E-state index contributed by atoms with van der Waals surface area (Å²) in [5, 5.41) is 2.95. The van der Waals surface area contributed by atoms with E-state index in [1.165, 1.54) is 17.0 Å². The van der Waals surface area contributed by atoms with Crippen molar-refractivity contribution in [3.63, 3.8) is 0 Å². The van der Waals surface area contributed by atoms with Crippen molar-refractivity contribution in [2.75, 3.05) is 14.1 Å². The van der Waals surface area contributed by atoms with E-state index in [0.717, 1.165) is 5.56 Å². The zero-order valence-corrected chi connectivity index (χ0v) is 14.2. The van der Waals surface area contributed by atoms with Gasteiger partial charge in [-0.05, 0) is 29.8 Å². The summed E-state index contributed by atoms with van der Waals surface area (Å²) in [6.07, 6.45) is -0.122. The zero-order valence-electron chi connectivity index (χ0n) is 13.5. The monoisotopic (exact) mass is 348 g/mol. The molecular formula is C18H18ClFN2O2. The Labute approximate surface area is 145 Å². The van der Waals surface area contributed by atoms with E-state index in [1.54, 1.807) is 44.4 Å². The predicted molar refractivity (Wildman–Crippen MR) is 91.4 cm³/mol. The van der Waals surface area contributed by atoms with Crippen LogP contribution in [0.3, 0.4) is 0 Å². The van der Waals surface area contributed by atoms with E-state index in [1.807, 2.05) is 0 Å². The Kier molecular flexibility index (Phi) is 5.93. The van der Waals surface area contributed by atoms with Crippen LogP contribution >= 0.6 is 11.6 Å². The maximum Gasteiger partial charge on any atom is 0.253 e. The molecule has 0 fully saturated rings.